The number of allylic oxidation sites excluding steroid dienone is 3. The molecule has 0 radical (unpaired) electrons. The first-order chi connectivity index (χ1) is 14.7. The van der Waals surface area contributed by atoms with Crippen LogP contribution in [-0.4, -0.2) is 38.0 Å². The molecule has 1 aromatic carbocycles. The Morgan fingerprint density at radius 2 is 1.87 bits per heavy atom. The highest BCUT2D eigenvalue weighted by molar-refractivity contribution is 8.19. The van der Waals surface area contributed by atoms with Crippen LogP contribution < -0.4 is 4.90 Å². The van der Waals surface area contributed by atoms with E-state index in [1.807, 2.05) is 25.3 Å². The Hall–Kier alpha value is -2.36. The molecule has 6 nitrogen and oxygen atoms in total. The van der Waals surface area contributed by atoms with Crippen molar-refractivity contribution in [2.24, 2.45) is 4.40 Å². The molecule has 31 heavy (non-hydrogen) atoms. The summed E-state index contributed by atoms with van der Waals surface area (Å²) in [5.74, 6) is -0.236. The maximum absolute atomic E-state index is 12.9. The number of fused-ring (bicyclic) bond motifs is 1. The van der Waals surface area contributed by atoms with E-state index in [0.29, 0.717) is 11.4 Å². The van der Waals surface area contributed by atoms with Crippen LogP contribution in [0.4, 0.5) is 5.69 Å². The fourth-order valence-electron chi connectivity index (χ4n) is 3.88. The summed E-state index contributed by atoms with van der Waals surface area (Å²) in [6.07, 6.45) is 3.72. The summed E-state index contributed by atoms with van der Waals surface area (Å²) in [5.41, 5.74) is 3.22. The van der Waals surface area contributed by atoms with Crippen molar-refractivity contribution in [3.63, 3.8) is 0 Å². The molecule has 1 aromatic heterocycles. The van der Waals surface area contributed by atoms with E-state index < -0.39 is 10.0 Å². The number of amidine groups is 1. The van der Waals surface area contributed by atoms with Crippen LogP contribution in [0.15, 0.2) is 73.1 Å². The van der Waals surface area contributed by atoms with Gasteiger partial charge in [-0.05, 0) is 53.9 Å². The molecule has 0 N–H and O–H groups in total. The molecule has 1 saturated heterocycles. The number of para-hydroxylation sites is 1. The maximum atomic E-state index is 12.9. The van der Waals surface area contributed by atoms with Gasteiger partial charge in [-0.2, -0.15) is 8.42 Å². The number of carbonyl (C=O) groups is 1. The minimum atomic E-state index is -3.84. The molecule has 0 atom stereocenters. The third-order valence-electron chi connectivity index (χ3n) is 5.48. The molecule has 2 aliphatic rings. The fraction of sp³-hybridized carbons (Fsp3) is 0.273. The Labute approximate surface area is 191 Å². The van der Waals surface area contributed by atoms with Gasteiger partial charge in [-0.15, -0.1) is 15.7 Å². The zero-order chi connectivity index (χ0) is 22.4. The van der Waals surface area contributed by atoms with E-state index in [9.17, 15) is 13.2 Å². The molecule has 1 fully saturated rings. The third-order valence-corrected chi connectivity index (χ3v) is 9.27. The van der Waals surface area contributed by atoms with Gasteiger partial charge in [0, 0.05) is 30.4 Å². The largest absolute Gasteiger partial charge is 0.347 e. The minimum absolute atomic E-state index is 0.163. The molecular weight excluding hydrogens is 450 g/mol. The number of thiophene rings is 1. The summed E-state index contributed by atoms with van der Waals surface area (Å²) in [6.45, 7) is 6.46. The highest BCUT2D eigenvalue weighted by Gasteiger charge is 2.38. The molecule has 2 aliphatic heterocycles. The van der Waals surface area contributed by atoms with Gasteiger partial charge in [0.05, 0.1) is 4.91 Å². The van der Waals surface area contributed by atoms with E-state index >= 15 is 0 Å². The lowest BCUT2D eigenvalue weighted by atomic mass is 9.84. The summed E-state index contributed by atoms with van der Waals surface area (Å²) in [5, 5.41) is 1.88. The lowest BCUT2D eigenvalue weighted by Crippen LogP contribution is -2.29. The van der Waals surface area contributed by atoms with Gasteiger partial charge in [0.15, 0.2) is 5.17 Å². The Balaban J connectivity index is 1.68. The predicted molar refractivity (Wildman–Crippen MR) is 128 cm³/mol. The first-order valence-electron chi connectivity index (χ1n) is 9.80. The summed E-state index contributed by atoms with van der Waals surface area (Å²) in [4.78, 5) is 16.9. The predicted octanol–water partition coefficient (Wildman–Crippen LogP) is 4.58. The summed E-state index contributed by atoms with van der Waals surface area (Å²) >= 11 is 2.20. The monoisotopic (exact) mass is 473 g/mol. The average molecular weight is 474 g/mol. The van der Waals surface area contributed by atoms with E-state index in [1.165, 1.54) is 16.5 Å². The molecule has 4 rings (SSSR count). The normalized spacial score (nSPS) is 22.2. The van der Waals surface area contributed by atoms with Crippen LogP contribution in [0.25, 0.3) is 0 Å². The minimum Gasteiger partial charge on any atom is -0.347 e. The van der Waals surface area contributed by atoms with Gasteiger partial charge in [-0.3, -0.25) is 9.69 Å². The van der Waals surface area contributed by atoms with Gasteiger partial charge in [0.25, 0.3) is 15.9 Å². The molecule has 9 heteroatoms. The fourth-order valence-corrected chi connectivity index (χ4v) is 7.04. The number of likely N-dealkylation sites (N-methyl/N-ethyl adjacent to an activating group) is 2. The van der Waals surface area contributed by atoms with Gasteiger partial charge in [-0.25, -0.2) is 0 Å². The molecule has 0 spiro atoms. The molecule has 0 aliphatic carbocycles. The number of carbonyl (C=O) groups excluding carboxylic acids is 1. The quantitative estimate of drug-likeness (QED) is 0.608. The van der Waals surface area contributed by atoms with Gasteiger partial charge in [-0.1, -0.05) is 38.1 Å². The van der Waals surface area contributed by atoms with Gasteiger partial charge >= 0.3 is 0 Å². The standard InChI is InChI=1S/C22H23N3O3S3/c1-5-25-20(26)17(30-21(25)23-31(27,28)19-11-8-14-29-19)12-13-18-22(2,3)15-9-6-7-10-16(15)24(18)4/h6-14H,5H2,1-4H3/b17-12-,18-13+,23-21-. The Morgan fingerprint density at radius 1 is 1.13 bits per heavy atom. The van der Waals surface area contributed by atoms with E-state index in [2.05, 4.69) is 35.3 Å². The number of thioether (sulfide) groups is 1. The summed E-state index contributed by atoms with van der Waals surface area (Å²) in [6, 6.07) is 11.4. The summed E-state index contributed by atoms with van der Waals surface area (Å²) in [7, 11) is -1.83. The highest BCUT2D eigenvalue weighted by atomic mass is 32.2. The van der Waals surface area contributed by atoms with Gasteiger partial charge in [0.2, 0.25) is 0 Å². The van der Waals surface area contributed by atoms with Gasteiger partial charge in [0.1, 0.15) is 4.21 Å². The first-order valence-corrected chi connectivity index (χ1v) is 12.9. The summed E-state index contributed by atoms with van der Waals surface area (Å²) < 4.78 is 29.3. The number of hydrogen-bond acceptors (Lipinski definition) is 6. The second-order valence-corrected chi connectivity index (χ2v) is 11.5. The van der Waals surface area contributed by atoms with Gasteiger partial charge < -0.3 is 4.90 Å². The third kappa shape index (κ3) is 3.75. The Kier molecular flexibility index (Phi) is 5.61. The zero-order valence-corrected chi connectivity index (χ0v) is 20.1. The Morgan fingerprint density at radius 3 is 2.52 bits per heavy atom. The van der Waals surface area contributed by atoms with Crippen molar-refractivity contribution in [1.82, 2.24) is 4.90 Å². The Bertz CT molecular complexity index is 1230. The number of anilines is 1. The van der Waals surface area contributed by atoms with Crippen molar-refractivity contribution in [3.05, 3.63) is 70.1 Å². The topological polar surface area (TPSA) is 70.1 Å². The molecule has 2 aromatic rings. The van der Waals surface area contributed by atoms with Crippen molar-refractivity contribution in [2.45, 2.75) is 30.4 Å². The second kappa shape index (κ2) is 7.96. The SMILES string of the molecule is CCN1C(=O)/C(=C/C=C2/N(C)c3ccccc3C2(C)C)S/C1=N\S(=O)(=O)c1cccs1. The number of amides is 1. The second-order valence-electron chi connectivity index (χ2n) is 7.72. The van der Waals surface area contributed by atoms with E-state index in [-0.39, 0.29) is 20.7 Å². The van der Waals surface area contributed by atoms with Crippen LogP contribution in [0.2, 0.25) is 0 Å². The van der Waals surface area contributed by atoms with Crippen molar-refractivity contribution < 1.29 is 13.2 Å². The molecule has 0 unspecified atom stereocenters. The molecule has 0 bridgehead atoms. The van der Waals surface area contributed by atoms with Crippen LogP contribution in [0.3, 0.4) is 0 Å². The van der Waals surface area contributed by atoms with Crippen LogP contribution in [0, 0.1) is 0 Å². The number of rotatable bonds is 4. The van der Waals surface area contributed by atoms with Crippen LogP contribution in [-0.2, 0) is 20.2 Å². The smallest absolute Gasteiger partial charge is 0.294 e. The zero-order valence-electron chi connectivity index (χ0n) is 17.7. The number of benzene rings is 1. The molecular formula is C22H23N3O3S3. The first kappa shape index (κ1) is 21.9. The van der Waals surface area contributed by atoms with E-state index in [1.54, 1.807) is 24.4 Å². The highest BCUT2D eigenvalue weighted by Crippen LogP contribution is 2.46. The van der Waals surface area contributed by atoms with Crippen LogP contribution in [0.1, 0.15) is 26.3 Å². The lowest BCUT2D eigenvalue weighted by molar-refractivity contribution is -0.122. The average Bonchev–Trinajstić information content (AvgIpc) is 3.40. The van der Waals surface area contributed by atoms with E-state index in [0.717, 1.165) is 34.5 Å². The number of sulfonamides is 1. The van der Waals surface area contributed by atoms with E-state index in [4.69, 9.17) is 0 Å². The van der Waals surface area contributed by atoms with Crippen LogP contribution >= 0.6 is 23.1 Å². The van der Waals surface area contributed by atoms with Crippen molar-refractivity contribution in [1.29, 1.82) is 0 Å². The van der Waals surface area contributed by atoms with Crippen molar-refractivity contribution >= 4 is 49.9 Å². The lowest BCUT2D eigenvalue weighted by Gasteiger charge is -2.23. The number of nitrogens with zero attached hydrogens (tertiary/aromatic N) is 3. The van der Waals surface area contributed by atoms with Crippen molar-refractivity contribution in [2.75, 3.05) is 18.5 Å². The molecule has 1 amide bonds. The maximum Gasteiger partial charge on any atom is 0.294 e. The van der Waals surface area contributed by atoms with Crippen LogP contribution in [0.5, 0.6) is 0 Å². The van der Waals surface area contributed by atoms with Crippen molar-refractivity contribution in [3.8, 4) is 0 Å². The molecule has 162 valence electrons. The number of hydrogen-bond donors (Lipinski definition) is 0. The molecule has 0 saturated carbocycles. The molecule has 3 heterocycles.